The van der Waals surface area contributed by atoms with Gasteiger partial charge in [0.05, 0.1) is 9.65 Å². The third kappa shape index (κ3) is 5.93. The minimum atomic E-state index is -0.543. The van der Waals surface area contributed by atoms with Crippen LogP contribution >= 0.6 is 31.9 Å². The van der Waals surface area contributed by atoms with Crippen LogP contribution in [0.3, 0.4) is 0 Å². The van der Waals surface area contributed by atoms with Gasteiger partial charge in [0.2, 0.25) is 0 Å². The summed E-state index contributed by atoms with van der Waals surface area (Å²) in [7, 11) is 0. The first-order valence-corrected chi connectivity index (χ1v) is 13.8. The molecule has 0 radical (unpaired) electrons. The molecule has 36 heavy (non-hydrogen) atoms. The van der Waals surface area contributed by atoms with Crippen molar-refractivity contribution < 1.29 is 9.59 Å². The second kappa shape index (κ2) is 11.9. The molecule has 4 aromatic carbocycles. The van der Waals surface area contributed by atoms with E-state index in [1.54, 1.807) is 0 Å². The second-order valence-electron chi connectivity index (χ2n) is 9.14. The number of Topliss-reactive ketones (excluding diaryl/α,β-unsaturated/α-hetero) is 2. The van der Waals surface area contributed by atoms with E-state index in [4.69, 9.17) is 0 Å². The molecule has 0 aliphatic heterocycles. The van der Waals surface area contributed by atoms with Crippen LogP contribution in [0.15, 0.2) is 109 Å². The van der Waals surface area contributed by atoms with E-state index in [-0.39, 0.29) is 23.4 Å². The van der Waals surface area contributed by atoms with Gasteiger partial charge in [0.1, 0.15) is 0 Å². The van der Waals surface area contributed by atoms with Crippen molar-refractivity contribution in [2.24, 2.45) is 0 Å². The largest absolute Gasteiger partial charge is 0.293 e. The van der Waals surface area contributed by atoms with Crippen molar-refractivity contribution in [3.05, 3.63) is 143 Å². The molecule has 4 heteroatoms. The summed E-state index contributed by atoms with van der Waals surface area (Å²) in [6, 6.07) is 35.3. The van der Waals surface area contributed by atoms with Crippen LogP contribution in [0.5, 0.6) is 0 Å². The fourth-order valence-corrected chi connectivity index (χ4v) is 6.34. The number of carbonyl (C=O) groups excluding carboxylic acids is 2. The predicted octanol–water partition coefficient (Wildman–Crippen LogP) is 8.46. The molecule has 0 unspecified atom stereocenters. The zero-order chi connectivity index (χ0) is 25.7. The minimum absolute atomic E-state index is 0.00716. The van der Waals surface area contributed by atoms with Crippen molar-refractivity contribution in [3.63, 3.8) is 0 Å². The molecule has 0 N–H and O–H groups in total. The third-order valence-corrected chi connectivity index (χ3v) is 8.53. The van der Waals surface area contributed by atoms with E-state index >= 15 is 0 Å². The van der Waals surface area contributed by atoms with Crippen molar-refractivity contribution in [1.29, 1.82) is 0 Å². The average Bonchev–Trinajstić information content (AvgIpc) is 2.92. The number of aryl methyl sites for hydroxylation is 2. The Morgan fingerprint density at radius 3 is 1.11 bits per heavy atom. The lowest BCUT2D eigenvalue weighted by Crippen LogP contribution is -2.35. The van der Waals surface area contributed by atoms with Crippen LogP contribution < -0.4 is 0 Å². The first-order chi connectivity index (χ1) is 17.4. The lowest BCUT2D eigenvalue weighted by molar-refractivity contribution is 0.0950. The monoisotopic (exact) mass is 602 g/mol. The maximum absolute atomic E-state index is 13.8. The van der Waals surface area contributed by atoms with E-state index in [2.05, 4.69) is 31.9 Å². The lowest BCUT2D eigenvalue weighted by atomic mass is 9.75. The number of alkyl halides is 2. The van der Waals surface area contributed by atoms with E-state index in [0.717, 1.165) is 22.3 Å². The van der Waals surface area contributed by atoms with Gasteiger partial charge in [-0.05, 0) is 25.0 Å². The van der Waals surface area contributed by atoms with Crippen LogP contribution in [0.2, 0.25) is 0 Å². The lowest BCUT2D eigenvalue weighted by Gasteiger charge is -2.34. The van der Waals surface area contributed by atoms with Crippen molar-refractivity contribution in [2.45, 2.75) is 35.3 Å². The molecular weight excluding hydrogens is 576 g/mol. The number of halogens is 2. The van der Waals surface area contributed by atoms with Crippen LogP contribution in [-0.2, 0) is 0 Å². The maximum Gasteiger partial charge on any atom is 0.177 e. The molecule has 2 nitrogen and oxygen atoms in total. The number of ketones is 2. The zero-order valence-corrected chi connectivity index (χ0v) is 23.4. The highest BCUT2D eigenvalue weighted by molar-refractivity contribution is 9.10. The van der Waals surface area contributed by atoms with E-state index in [0.29, 0.717) is 11.1 Å². The molecule has 0 aliphatic carbocycles. The number of rotatable bonds is 9. The van der Waals surface area contributed by atoms with Gasteiger partial charge in [-0.2, -0.15) is 0 Å². The molecule has 0 spiro atoms. The van der Waals surface area contributed by atoms with Gasteiger partial charge in [-0.1, -0.05) is 152 Å². The first kappa shape index (κ1) is 26.2. The Kier molecular flexibility index (Phi) is 8.71. The maximum atomic E-state index is 13.8. The van der Waals surface area contributed by atoms with Gasteiger partial charge in [-0.25, -0.2) is 0 Å². The summed E-state index contributed by atoms with van der Waals surface area (Å²) in [4.78, 5) is 26.4. The molecule has 182 valence electrons. The number of carbonyl (C=O) groups is 2. The number of hydrogen-bond donors (Lipinski definition) is 0. The Bertz CT molecular complexity index is 1200. The summed E-state index contributed by atoms with van der Waals surface area (Å²) in [6.07, 6.45) is 0. The van der Waals surface area contributed by atoms with Crippen molar-refractivity contribution in [3.8, 4) is 0 Å². The molecule has 0 amide bonds. The summed E-state index contributed by atoms with van der Waals surface area (Å²) < 4.78 is 0. The summed E-state index contributed by atoms with van der Waals surface area (Å²) in [5.74, 6) is -0.623. The van der Waals surface area contributed by atoms with E-state index in [1.165, 1.54) is 0 Å². The predicted molar refractivity (Wildman–Crippen MR) is 155 cm³/mol. The first-order valence-electron chi connectivity index (χ1n) is 12.0. The number of benzene rings is 4. The highest BCUT2D eigenvalue weighted by atomic mass is 79.9. The topological polar surface area (TPSA) is 34.1 Å². The van der Waals surface area contributed by atoms with Gasteiger partial charge < -0.3 is 0 Å². The van der Waals surface area contributed by atoms with Crippen molar-refractivity contribution in [1.82, 2.24) is 0 Å². The molecule has 0 saturated carbocycles. The minimum Gasteiger partial charge on any atom is -0.293 e. The Morgan fingerprint density at radius 2 is 0.806 bits per heavy atom. The average molecular weight is 604 g/mol. The van der Waals surface area contributed by atoms with Crippen LogP contribution in [0.25, 0.3) is 0 Å². The smallest absolute Gasteiger partial charge is 0.177 e. The van der Waals surface area contributed by atoms with Gasteiger partial charge in [0.25, 0.3) is 0 Å². The zero-order valence-electron chi connectivity index (χ0n) is 20.3. The highest BCUT2D eigenvalue weighted by Crippen LogP contribution is 2.45. The Balaban J connectivity index is 1.82. The van der Waals surface area contributed by atoms with Gasteiger partial charge in [-0.3, -0.25) is 9.59 Å². The Hall–Kier alpha value is -2.82. The molecule has 4 rings (SSSR count). The van der Waals surface area contributed by atoms with E-state index in [9.17, 15) is 9.59 Å². The summed E-state index contributed by atoms with van der Waals surface area (Å²) in [5.41, 5.74) is 5.48. The molecular formula is C32H28Br2O2. The summed E-state index contributed by atoms with van der Waals surface area (Å²) >= 11 is 7.60. The van der Waals surface area contributed by atoms with E-state index in [1.807, 2.05) is 123 Å². The van der Waals surface area contributed by atoms with Crippen molar-refractivity contribution >= 4 is 43.4 Å². The molecule has 4 atom stereocenters. The normalized spacial score (nSPS) is 14.4. The summed E-state index contributed by atoms with van der Waals surface area (Å²) in [5, 5.41) is 0. The SMILES string of the molecule is Cc1ccc(C(=O)[C@H](Br)[C@@H](c2ccccc2)[C@H](c2ccccc2)[C@@H](Br)C(=O)c2ccc(C)cc2)cc1. The molecule has 0 fully saturated rings. The van der Waals surface area contributed by atoms with Gasteiger partial charge >= 0.3 is 0 Å². The van der Waals surface area contributed by atoms with Gasteiger partial charge in [-0.15, -0.1) is 0 Å². The fourth-order valence-electron chi connectivity index (χ4n) is 4.55. The highest BCUT2D eigenvalue weighted by Gasteiger charge is 2.41. The van der Waals surface area contributed by atoms with Gasteiger partial charge in [0.15, 0.2) is 11.6 Å². The molecule has 0 heterocycles. The van der Waals surface area contributed by atoms with Crippen LogP contribution in [0.1, 0.15) is 54.8 Å². The Morgan fingerprint density at radius 1 is 0.500 bits per heavy atom. The molecule has 0 aromatic heterocycles. The fraction of sp³-hybridized carbons (Fsp3) is 0.188. The number of hydrogen-bond acceptors (Lipinski definition) is 2. The van der Waals surface area contributed by atoms with Gasteiger partial charge in [0, 0.05) is 23.0 Å². The molecule has 0 saturated heterocycles. The summed E-state index contributed by atoms with van der Waals surface area (Å²) in [6.45, 7) is 4.01. The molecule has 4 aromatic rings. The Labute approximate surface area is 230 Å². The van der Waals surface area contributed by atoms with Crippen LogP contribution in [-0.4, -0.2) is 21.2 Å². The van der Waals surface area contributed by atoms with Crippen LogP contribution in [0, 0.1) is 13.8 Å². The quantitative estimate of drug-likeness (QED) is 0.142. The molecule has 0 bridgehead atoms. The van der Waals surface area contributed by atoms with Crippen LogP contribution in [0.4, 0.5) is 0 Å². The van der Waals surface area contributed by atoms with Crippen molar-refractivity contribution in [2.75, 3.05) is 0 Å². The second-order valence-corrected chi connectivity index (χ2v) is 11.1. The third-order valence-electron chi connectivity index (χ3n) is 6.56. The standard InChI is InChI=1S/C32H28Br2O2/c1-21-13-17-25(18-14-21)31(35)29(33)27(23-9-5-3-6-10-23)28(24-11-7-4-8-12-24)30(34)32(36)26-19-15-22(2)16-20-26/h3-20,27-30H,1-2H3/t27-,28-,29+,30+/m0/s1. The molecule has 0 aliphatic rings. The van der Waals surface area contributed by atoms with E-state index < -0.39 is 9.65 Å².